The van der Waals surface area contributed by atoms with Crippen molar-refractivity contribution in [2.45, 2.75) is 19.4 Å². The Bertz CT molecular complexity index is 999. The summed E-state index contributed by atoms with van der Waals surface area (Å²) in [7, 11) is 0. The zero-order chi connectivity index (χ0) is 20.8. The summed E-state index contributed by atoms with van der Waals surface area (Å²) < 4.78 is 5.95. The standard InChI is InChI=1S/C23H23ClN4O2/c24-20-11-5-4-7-17(20)15-27-22(29)18-8-6-14-28(16-18)21-23(26-13-12-25-21)30-19-9-2-1-3-10-19/h1-5,7,9-13,18H,6,8,14-16H2,(H,27,29)/t18-/m1/s1. The highest BCUT2D eigenvalue weighted by Gasteiger charge is 2.28. The normalized spacial score (nSPS) is 16.2. The molecular weight excluding hydrogens is 400 g/mol. The molecule has 2 heterocycles. The van der Waals surface area contributed by atoms with Crippen molar-refractivity contribution in [2.75, 3.05) is 18.0 Å². The van der Waals surface area contributed by atoms with Gasteiger partial charge in [-0.05, 0) is 36.6 Å². The number of nitrogens with one attached hydrogen (secondary N) is 1. The van der Waals surface area contributed by atoms with Crippen LogP contribution in [-0.4, -0.2) is 29.0 Å². The van der Waals surface area contributed by atoms with Crippen LogP contribution >= 0.6 is 11.6 Å². The van der Waals surface area contributed by atoms with Crippen molar-refractivity contribution in [3.63, 3.8) is 0 Å². The number of amides is 1. The van der Waals surface area contributed by atoms with E-state index in [0.717, 1.165) is 24.9 Å². The fraction of sp³-hybridized carbons (Fsp3) is 0.261. The first-order valence-electron chi connectivity index (χ1n) is 10.0. The monoisotopic (exact) mass is 422 g/mol. The van der Waals surface area contributed by atoms with E-state index < -0.39 is 0 Å². The van der Waals surface area contributed by atoms with Gasteiger partial charge in [0, 0.05) is 37.1 Å². The first-order valence-corrected chi connectivity index (χ1v) is 10.4. The zero-order valence-electron chi connectivity index (χ0n) is 16.5. The van der Waals surface area contributed by atoms with Crippen molar-refractivity contribution in [1.29, 1.82) is 0 Å². The number of para-hydroxylation sites is 1. The third-order valence-electron chi connectivity index (χ3n) is 5.11. The Morgan fingerprint density at radius 3 is 2.70 bits per heavy atom. The SMILES string of the molecule is O=C(NCc1ccccc1Cl)[C@@H]1CCCN(c2nccnc2Oc2ccccc2)C1. The first-order chi connectivity index (χ1) is 14.7. The minimum Gasteiger partial charge on any atom is -0.436 e. The molecule has 3 aromatic rings. The molecule has 1 fully saturated rings. The molecule has 0 aliphatic carbocycles. The van der Waals surface area contributed by atoms with E-state index in [1.165, 1.54) is 0 Å². The molecule has 1 atom stereocenters. The van der Waals surface area contributed by atoms with Gasteiger partial charge in [0.05, 0.1) is 5.92 Å². The molecule has 0 bridgehead atoms. The van der Waals surface area contributed by atoms with Crippen LogP contribution in [0.4, 0.5) is 5.82 Å². The van der Waals surface area contributed by atoms with Crippen LogP contribution in [0.25, 0.3) is 0 Å². The van der Waals surface area contributed by atoms with Gasteiger partial charge in [-0.25, -0.2) is 9.97 Å². The fourth-order valence-corrected chi connectivity index (χ4v) is 3.76. The van der Waals surface area contributed by atoms with E-state index in [4.69, 9.17) is 16.3 Å². The van der Waals surface area contributed by atoms with Gasteiger partial charge in [-0.1, -0.05) is 48.0 Å². The second-order valence-electron chi connectivity index (χ2n) is 7.19. The Balaban J connectivity index is 1.43. The minimum absolute atomic E-state index is 0.0223. The van der Waals surface area contributed by atoms with Crippen molar-refractivity contribution in [3.8, 4) is 11.6 Å². The van der Waals surface area contributed by atoms with E-state index in [2.05, 4.69) is 20.2 Å². The molecule has 154 valence electrons. The lowest BCUT2D eigenvalue weighted by atomic mass is 9.97. The minimum atomic E-state index is -0.132. The molecule has 1 aromatic heterocycles. The molecule has 1 amide bonds. The average molecular weight is 423 g/mol. The number of ether oxygens (including phenoxy) is 1. The van der Waals surface area contributed by atoms with Gasteiger partial charge in [-0.15, -0.1) is 0 Å². The number of rotatable bonds is 6. The second kappa shape index (κ2) is 9.59. The smallest absolute Gasteiger partial charge is 0.263 e. The summed E-state index contributed by atoms with van der Waals surface area (Å²) in [6.07, 6.45) is 4.99. The van der Waals surface area contributed by atoms with Crippen molar-refractivity contribution in [2.24, 2.45) is 5.92 Å². The number of anilines is 1. The fourth-order valence-electron chi connectivity index (χ4n) is 3.56. The molecule has 0 radical (unpaired) electrons. The Kier molecular flexibility index (Phi) is 6.44. The third-order valence-corrected chi connectivity index (χ3v) is 5.48. The third kappa shape index (κ3) is 4.89. The number of carbonyl (C=O) groups is 1. The van der Waals surface area contributed by atoms with Gasteiger partial charge in [0.2, 0.25) is 5.91 Å². The molecule has 1 aliphatic rings. The van der Waals surface area contributed by atoms with E-state index in [-0.39, 0.29) is 11.8 Å². The van der Waals surface area contributed by atoms with Gasteiger partial charge in [0.15, 0.2) is 5.82 Å². The Labute approximate surface area is 180 Å². The maximum Gasteiger partial charge on any atom is 0.263 e. The number of halogens is 1. The highest BCUT2D eigenvalue weighted by molar-refractivity contribution is 6.31. The molecule has 6 nitrogen and oxygen atoms in total. The van der Waals surface area contributed by atoms with Crippen molar-refractivity contribution in [3.05, 3.63) is 77.6 Å². The molecule has 0 saturated carbocycles. The van der Waals surface area contributed by atoms with E-state index in [9.17, 15) is 4.79 Å². The summed E-state index contributed by atoms with van der Waals surface area (Å²) in [6, 6.07) is 17.0. The Hall–Kier alpha value is -3.12. The molecule has 0 spiro atoms. The topological polar surface area (TPSA) is 67.4 Å². The predicted molar refractivity (Wildman–Crippen MR) is 117 cm³/mol. The molecule has 1 saturated heterocycles. The van der Waals surface area contributed by atoms with Crippen molar-refractivity contribution in [1.82, 2.24) is 15.3 Å². The lowest BCUT2D eigenvalue weighted by molar-refractivity contribution is -0.125. The number of carbonyl (C=O) groups excluding carboxylic acids is 1. The molecule has 1 aliphatic heterocycles. The summed E-state index contributed by atoms with van der Waals surface area (Å²) in [4.78, 5) is 23.7. The largest absolute Gasteiger partial charge is 0.436 e. The average Bonchev–Trinajstić information content (AvgIpc) is 2.79. The highest BCUT2D eigenvalue weighted by Crippen LogP contribution is 2.31. The lowest BCUT2D eigenvalue weighted by Gasteiger charge is -2.33. The number of benzene rings is 2. The Morgan fingerprint density at radius 1 is 1.10 bits per heavy atom. The van der Waals surface area contributed by atoms with Gasteiger partial charge in [0.1, 0.15) is 5.75 Å². The van der Waals surface area contributed by atoms with Gasteiger partial charge < -0.3 is 15.0 Å². The molecule has 1 N–H and O–H groups in total. The van der Waals surface area contributed by atoms with E-state index in [1.807, 2.05) is 54.6 Å². The first kappa shape index (κ1) is 20.2. The number of nitrogens with zero attached hydrogens (tertiary/aromatic N) is 3. The van der Waals surface area contributed by atoms with Crippen molar-refractivity contribution >= 4 is 23.3 Å². The van der Waals surface area contributed by atoms with Gasteiger partial charge in [0.25, 0.3) is 5.88 Å². The van der Waals surface area contributed by atoms with Crippen LogP contribution in [-0.2, 0) is 11.3 Å². The number of piperidine rings is 1. The van der Waals surface area contributed by atoms with Crippen LogP contribution in [0.2, 0.25) is 5.02 Å². The van der Waals surface area contributed by atoms with Gasteiger partial charge >= 0.3 is 0 Å². The maximum atomic E-state index is 12.8. The maximum absolute atomic E-state index is 12.8. The van der Waals surface area contributed by atoms with Crippen LogP contribution in [0.3, 0.4) is 0 Å². The number of aromatic nitrogens is 2. The summed E-state index contributed by atoms with van der Waals surface area (Å²) in [5, 5.41) is 3.68. The number of hydrogen-bond donors (Lipinski definition) is 1. The summed E-state index contributed by atoms with van der Waals surface area (Å²) in [5.41, 5.74) is 0.910. The van der Waals surface area contributed by atoms with Gasteiger partial charge in [-0.3, -0.25) is 4.79 Å². The predicted octanol–water partition coefficient (Wildman–Crippen LogP) is 4.46. The quantitative estimate of drug-likeness (QED) is 0.635. The van der Waals surface area contributed by atoms with Crippen LogP contribution < -0.4 is 15.0 Å². The molecule has 2 aromatic carbocycles. The summed E-state index contributed by atoms with van der Waals surface area (Å²) in [5.74, 6) is 1.69. The zero-order valence-corrected chi connectivity index (χ0v) is 17.3. The lowest BCUT2D eigenvalue weighted by Crippen LogP contribution is -2.43. The van der Waals surface area contributed by atoms with E-state index in [1.54, 1.807) is 12.4 Å². The second-order valence-corrected chi connectivity index (χ2v) is 7.60. The van der Waals surface area contributed by atoms with E-state index >= 15 is 0 Å². The highest BCUT2D eigenvalue weighted by atomic mass is 35.5. The van der Waals surface area contributed by atoms with Crippen molar-refractivity contribution < 1.29 is 9.53 Å². The summed E-state index contributed by atoms with van der Waals surface area (Å²) >= 11 is 6.19. The van der Waals surface area contributed by atoms with Gasteiger partial charge in [-0.2, -0.15) is 0 Å². The summed E-state index contributed by atoms with van der Waals surface area (Å²) in [6.45, 7) is 1.79. The Morgan fingerprint density at radius 2 is 1.87 bits per heavy atom. The van der Waals surface area contributed by atoms with Crippen LogP contribution in [0.1, 0.15) is 18.4 Å². The van der Waals surface area contributed by atoms with Crippen LogP contribution in [0, 0.1) is 5.92 Å². The molecule has 4 rings (SSSR count). The molecule has 7 heteroatoms. The van der Waals surface area contributed by atoms with Crippen LogP contribution in [0.15, 0.2) is 67.0 Å². The molecule has 0 unspecified atom stereocenters. The van der Waals surface area contributed by atoms with E-state index in [0.29, 0.717) is 35.6 Å². The molecular formula is C23H23ClN4O2. The number of hydrogen-bond acceptors (Lipinski definition) is 5. The van der Waals surface area contributed by atoms with Crippen LogP contribution in [0.5, 0.6) is 11.6 Å². The molecule has 30 heavy (non-hydrogen) atoms.